The van der Waals surface area contributed by atoms with Crippen molar-refractivity contribution in [3.05, 3.63) is 92.4 Å². The van der Waals surface area contributed by atoms with Gasteiger partial charge >= 0.3 is 0 Å². The molecule has 0 radical (unpaired) electrons. The molecule has 1 fully saturated rings. The summed E-state index contributed by atoms with van der Waals surface area (Å²) < 4.78 is 1.01. The molecule has 7 heteroatoms. The summed E-state index contributed by atoms with van der Waals surface area (Å²) in [5, 5.41) is 3.87. The Kier molecular flexibility index (Phi) is 6.76. The molecule has 1 saturated heterocycles. The molecule has 3 heterocycles. The molecule has 1 aromatic carbocycles. The Morgan fingerprint density at radius 2 is 1.85 bits per heavy atom. The molecule has 1 N–H and O–H groups in total. The van der Waals surface area contributed by atoms with Crippen molar-refractivity contribution in [2.24, 2.45) is 5.92 Å². The van der Waals surface area contributed by atoms with E-state index in [2.05, 4.69) is 49.3 Å². The smallest absolute Gasteiger partial charge is 0.223 e. The molecule has 1 atom stereocenters. The molecule has 5 rings (SSSR count). The van der Waals surface area contributed by atoms with Crippen molar-refractivity contribution >= 4 is 33.4 Å². The number of fused-ring (bicyclic) bond motifs is 2. The summed E-state index contributed by atoms with van der Waals surface area (Å²) in [5.74, 6) is 0.179. The fourth-order valence-electron chi connectivity index (χ4n) is 5.04. The number of aromatic nitrogens is 2. The van der Waals surface area contributed by atoms with Crippen LogP contribution in [0.15, 0.2) is 59.5 Å². The fourth-order valence-corrected chi connectivity index (χ4v) is 5.61. The molecular weight excluding hydrogens is 500 g/mol. The van der Waals surface area contributed by atoms with Gasteiger partial charge in [0.1, 0.15) is 0 Å². The van der Waals surface area contributed by atoms with Crippen molar-refractivity contribution in [3.8, 4) is 0 Å². The third-order valence-electron chi connectivity index (χ3n) is 6.77. The monoisotopic (exact) mass is 524 g/mol. The summed E-state index contributed by atoms with van der Waals surface area (Å²) in [6.45, 7) is 2.26. The van der Waals surface area contributed by atoms with E-state index in [1.54, 1.807) is 12.4 Å². The van der Waals surface area contributed by atoms with Crippen LogP contribution in [0.2, 0.25) is 5.02 Å². The third-order valence-corrected chi connectivity index (χ3v) is 7.44. The van der Waals surface area contributed by atoms with Crippen LogP contribution < -0.4 is 5.32 Å². The molecule has 0 bridgehead atoms. The maximum atomic E-state index is 12.8. The lowest BCUT2D eigenvalue weighted by molar-refractivity contribution is -0.126. The lowest BCUT2D eigenvalue weighted by Gasteiger charge is -2.37. The quantitative estimate of drug-likeness (QED) is 0.514. The van der Waals surface area contributed by atoms with Crippen LogP contribution >= 0.6 is 27.5 Å². The second-order valence-electron chi connectivity index (χ2n) is 8.83. The third kappa shape index (κ3) is 4.98. The number of carbonyl (C=O) groups is 1. The minimum absolute atomic E-state index is 0.0379. The molecule has 5 nitrogen and oxygen atoms in total. The normalized spacial score (nSPS) is 18.8. The molecule has 0 spiro atoms. The van der Waals surface area contributed by atoms with Crippen LogP contribution in [0.1, 0.15) is 46.8 Å². The van der Waals surface area contributed by atoms with Gasteiger partial charge in [0.25, 0.3) is 0 Å². The van der Waals surface area contributed by atoms with Crippen molar-refractivity contribution in [2.45, 2.75) is 38.3 Å². The Bertz CT molecular complexity index is 1090. The number of hydrogen-bond acceptors (Lipinski definition) is 4. The SMILES string of the molecule is O=C(NCc1ccncc1)C1CCN(C2c3ccc(Cl)cc3CCc3cc(Br)cnc32)CC1. The lowest BCUT2D eigenvalue weighted by Crippen LogP contribution is -2.42. The second-order valence-corrected chi connectivity index (χ2v) is 10.2. The lowest BCUT2D eigenvalue weighted by atomic mass is 9.91. The van der Waals surface area contributed by atoms with Crippen LogP contribution in [-0.4, -0.2) is 33.9 Å². The second kappa shape index (κ2) is 9.92. The highest BCUT2D eigenvalue weighted by Crippen LogP contribution is 2.39. The molecule has 2 aromatic heterocycles. The van der Waals surface area contributed by atoms with Gasteiger partial charge in [-0.2, -0.15) is 0 Å². The number of amides is 1. The summed E-state index contributed by atoms with van der Waals surface area (Å²) in [4.78, 5) is 24.2. The number of hydrogen-bond donors (Lipinski definition) is 1. The molecule has 33 heavy (non-hydrogen) atoms. The van der Waals surface area contributed by atoms with Gasteiger partial charge in [-0.15, -0.1) is 0 Å². The zero-order chi connectivity index (χ0) is 22.8. The van der Waals surface area contributed by atoms with Crippen LogP contribution in [-0.2, 0) is 24.2 Å². The molecule has 3 aromatic rings. The molecule has 0 saturated carbocycles. The molecule has 1 aliphatic carbocycles. The van der Waals surface area contributed by atoms with Gasteiger partial charge < -0.3 is 5.32 Å². The van der Waals surface area contributed by atoms with Crippen LogP contribution in [0.25, 0.3) is 0 Å². The topological polar surface area (TPSA) is 58.1 Å². The number of rotatable bonds is 4. The van der Waals surface area contributed by atoms with Gasteiger partial charge in [0.05, 0.1) is 11.7 Å². The standard InChI is InChI=1S/C26H26BrClN4O/c27-21-13-20-2-1-19-14-22(28)3-4-23(19)25(24(20)30-16-21)32-11-7-18(8-12-32)26(33)31-15-17-5-9-29-10-6-17/h3-6,9-10,13-14,16,18,25H,1-2,7-8,11-12,15H2,(H,31,33). The number of nitrogens with zero attached hydrogens (tertiary/aromatic N) is 3. The predicted molar refractivity (Wildman–Crippen MR) is 133 cm³/mol. The number of aryl methyl sites for hydroxylation is 2. The Morgan fingerprint density at radius 3 is 2.64 bits per heavy atom. The summed E-state index contributed by atoms with van der Waals surface area (Å²) in [6.07, 6.45) is 8.97. The minimum Gasteiger partial charge on any atom is -0.352 e. The highest BCUT2D eigenvalue weighted by Gasteiger charge is 2.34. The molecule has 1 unspecified atom stereocenters. The van der Waals surface area contributed by atoms with Crippen LogP contribution in [0, 0.1) is 5.92 Å². The van der Waals surface area contributed by atoms with Gasteiger partial charge in [-0.1, -0.05) is 17.7 Å². The number of halogens is 2. The van der Waals surface area contributed by atoms with E-state index in [0.29, 0.717) is 6.54 Å². The summed E-state index contributed by atoms with van der Waals surface area (Å²) in [7, 11) is 0. The van der Waals surface area contributed by atoms with Gasteiger partial charge in [0.15, 0.2) is 0 Å². The van der Waals surface area contributed by atoms with E-state index >= 15 is 0 Å². The number of benzene rings is 1. The summed E-state index contributed by atoms with van der Waals surface area (Å²) in [6, 6.07) is 12.4. The highest BCUT2D eigenvalue weighted by atomic mass is 79.9. The Labute approximate surface area is 207 Å². The number of nitrogens with one attached hydrogen (secondary N) is 1. The first-order valence-electron chi connectivity index (χ1n) is 11.4. The predicted octanol–water partition coefficient (Wildman–Crippen LogP) is 5.11. The van der Waals surface area contributed by atoms with E-state index in [-0.39, 0.29) is 17.9 Å². The Hall–Kier alpha value is -2.28. The van der Waals surface area contributed by atoms with Gasteiger partial charge in [-0.05, 0) is 107 Å². The maximum Gasteiger partial charge on any atom is 0.223 e. The van der Waals surface area contributed by atoms with Crippen LogP contribution in [0.5, 0.6) is 0 Å². The first-order valence-corrected chi connectivity index (χ1v) is 12.6. The highest BCUT2D eigenvalue weighted by molar-refractivity contribution is 9.10. The van der Waals surface area contributed by atoms with Gasteiger partial charge in [-0.25, -0.2) is 0 Å². The maximum absolute atomic E-state index is 12.8. The van der Waals surface area contributed by atoms with E-state index < -0.39 is 0 Å². The van der Waals surface area contributed by atoms with Crippen LogP contribution in [0.3, 0.4) is 0 Å². The summed E-state index contributed by atoms with van der Waals surface area (Å²) in [5.41, 5.74) is 6.05. The largest absolute Gasteiger partial charge is 0.352 e. The van der Waals surface area contributed by atoms with Crippen molar-refractivity contribution < 1.29 is 4.79 Å². The van der Waals surface area contributed by atoms with E-state index in [9.17, 15) is 4.79 Å². The van der Waals surface area contributed by atoms with E-state index in [0.717, 1.165) is 59.5 Å². The molecule has 170 valence electrons. The Morgan fingerprint density at radius 1 is 1.09 bits per heavy atom. The molecule has 1 amide bonds. The first kappa shape index (κ1) is 22.5. The van der Waals surface area contributed by atoms with Crippen molar-refractivity contribution in [1.29, 1.82) is 0 Å². The number of piperidine rings is 1. The van der Waals surface area contributed by atoms with Crippen molar-refractivity contribution in [2.75, 3.05) is 13.1 Å². The van der Waals surface area contributed by atoms with Gasteiger partial charge in [0.2, 0.25) is 5.91 Å². The van der Waals surface area contributed by atoms with Crippen molar-refractivity contribution in [1.82, 2.24) is 20.2 Å². The summed E-state index contributed by atoms with van der Waals surface area (Å²) >= 11 is 9.93. The first-order chi connectivity index (χ1) is 16.1. The number of carbonyl (C=O) groups excluding carboxylic acids is 1. The minimum atomic E-state index is 0.0379. The van der Waals surface area contributed by atoms with E-state index in [1.165, 1.54) is 16.7 Å². The van der Waals surface area contributed by atoms with Gasteiger partial charge in [-0.3, -0.25) is 19.7 Å². The average Bonchev–Trinajstić information content (AvgIpc) is 2.99. The zero-order valence-electron chi connectivity index (χ0n) is 18.3. The number of likely N-dealkylation sites (tertiary alicyclic amines) is 1. The van der Waals surface area contributed by atoms with E-state index in [1.807, 2.05) is 24.4 Å². The molecule has 2 aliphatic rings. The molecular formula is C26H26BrClN4O. The van der Waals surface area contributed by atoms with Gasteiger partial charge in [0, 0.05) is 40.5 Å². The fraction of sp³-hybridized carbons (Fsp3) is 0.346. The average molecular weight is 526 g/mol. The number of pyridine rings is 2. The van der Waals surface area contributed by atoms with E-state index in [4.69, 9.17) is 16.6 Å². The van der Waals surface area contributed by atoms with Crippen molar-refractivity contribution in [3.63, 3.8) is 0 Å². The Balaban J connectivity index is 1.33. The molecule has 1 aliphatic heterocycles. The zero-order valence-corrected chi connectivity index (χ0v) is 20.6. The van der Waals surface area contributed by atoms with Crippen LogP contribution in [0.4, 0.5) is 0 Å².